The van der Waals surface area contributed by atoms with Crippen molar-refractivity contribution in [1.82, 2.24) is 19.9 Å². The van der Waals surface area contributed by atoms with Gasteiger partial charge in [0.25, 0.3) is 0 Å². The molecule has 0 fully saturated rings. The van der Waals surface area contributed by atoms with Crippen LogP contribution in [0, 0.1) is 0 Å². The molecule has 0 bridgehead atoms. The van der Waals surface area contributed by atoms with Crippen LogP contribution < -0.4 is 5.32 Å². The highest BCUT2D eigenvalue weighted by molar-refractivity contribution is 7.11. The van der Waals surface area contributed by atoms with Crippen molar-refractivity contribution in [3.63, 3.8) is 0 Å². The molecule has 0 saturated heterocycles. The molecule has 0 amide bonds. The fourth-order valence-electron chi connectivity index (χ4n) is 2.37. The Bertz CT molecular complexity index is 701. The number of rotatable bonds is 7. The molecule has 4 nitrogen and oxygen atoms in total. The third-order valence-electron chi connectivity index (χ3n) is 3.48. The van der Waals surface area contributed by atoms with E-state index < -0.39 is 0 Å². The lowest BCUT2D eigenvalue weighted by Gasteiger charge is -2.05. The molecule has 0 radical (unpaired) electrons. The first-order valence-electron chi connectivity index (χ1n) is 7.41. The van der Waals surface area contributed by atoms with Crippen LogP contribution in [0.1, 0.15) is 23.2 Å². The molecule has 0 spiro atoms. The summed E-state index contributed by atoms with van der Waals surface area (Å²) in [5.41, 5.74) is 2.29. The standard InChI is InChI=1S/C16H20N4S/c1-2-16-18-11-13(21-16)10-17-8-5-9-20-12-19-14-6-3-4-7-15(14)20/h3-4,6-7,11-12,17H,2,5,8-10H2,1H3. The Kier molecular flexibility index (Phi) is 4.62. The van der Waals surface area contributed by atoms with E-state index in [4.69, 9.17) is 0 Å². The summed E-state index contributed by atoms with van der Waals surface area (Å²) >= 11 is 1.80. The van der Waals surface area contributed by atoms with Gasteiger partial charge in [-0.15, -0.1) is 11.3 Å². The smallest absolute Gasteiger partial charge is 0.0958 e. The molecule has 3 rings (SSSR count). The average Bonchev–Trinajstić information content (AvgIpc) is 3.14. The molecule has 0 atom stereocenters. The van der Waals surface area contributed by atoms with Crippen molar-refractivity contribution in [1.29, 1.82) is 0 Å². The molecule has 0 saturated carbocycles. The van der Waals surface area contributed by atoms with Crippen LogP contribution in [0.15, 0.2) is 36.8 Å². The Morgan fingerprint density at radius 2 is 2.14 bits per heavy atom. The number of aromatic nitrogens is 3. The zero-order valence-electron chi connectivity index (χ0n) is 12.2. The number of hydrogen-bond donors (Lipinski definition) is 1. The fraction of sp³-hybridized carbons (Fsp3) is 0.375. The Hall–Kier alpha value is -1.72. The third kappa shape index (κ3) is 3.49. The van der Waals surface area contributed by atoms with E-state index in [0.29, 0.717) is 0 Å². The van der Waals surface area contributed by atoms with Gasteiger partial charge < -0.3 is 9.88 Å². The lowest BCUT2D eigenvalue weighted by atomic mass is 10.3. The summed E-state index contributed by atoms with van der Waals surface area (Å²) in [6.45, 7) is 5.07. The molecule has 21 heavy (non-hydrogen) atoms. The van der Waals surface area contributed by atoms with Gasteiger partial charge in [0.15, 0.2) is 0 Å². The number of para-hydroxylation sites is 2. The largest absolute Gasteiger partial charge is 0.331 e. The average molecular weight is 300 g/mol. The van der Waals surface area contributed by atoms with Crippen LogP contribution in [0.2, 0.25) is 0 Å². The molecule has 1 N–H and O–H groups in total. The van der Waals surface area contributed by atoms with Crippen molar-refractivity contribution in [2.24, 2.45) is 0 Å². The first kappa shape index (κ1) is 14.2. The number of aryl methyl sites for hydroxylation is 2. The number of nitrogens with zero attached hydrogens (tertiary/aromatic N) is 3. The third-order valence-corrected chi connectivity index (χ3v) is 4.62. The van der Waals surface area contributed by atoms with E-state index in [-0.39, 0.29) is 0 Å². The fourth-order valence-corrected chi connectivity index (χ4v) is 3.20. The molecule has 0 aliphatic heterocycles. The first-order valence-corrected chi connectivity index (χ1v) is 8.22. The highest BCUT2D eigenvalue weighted by Gasteiger charge is 2.02. The Morgan fingerprint density at radius 1 is 1.24 bits per heavy atom. The number of thiazole rings is 1. The Balaban J connectivity index is 1.44. The van der Waals surface area contributed by atoms with Crippen LogP contribution in [0.25, 0.3) is 11.0 Å². The van der Waals surface area contributed by atoms with E-state index in [1.165, 1.54) is 15.4 Å². The van der Waals surface area contributed by atoms with E-state index in [9.17, 15) is 0 Å². The summed E-state index contributed by atoms with van der Waals surface area (Å²) in [6.07, 6.45) is 6.04. The van der Waals surface area contributed by atoms with Gasteiger partial charge in [-0.1, -0.05) is 19.1 Å². The number of benzene rings is 1. The molecule has 0 unspecified atom stereocenters. The summed E-state index contributed by atoms with van der Waals surface area (Å²) in [4.78, 5) is 10.1. The van der Waals surface area contributed by atoms with E-state index in [1.807, 2.05) is 18.6 Å². The van der Waals surface area contributed by atoms with Crippen molar-refractivity contribution in [3.8, 4) is 0 Å². The summed E-state index contributed by atoms with van der Waals surface area (Å²) in [5.74, 6) is 0. The van der Waals surface area contributed by atoms with Gasteiger partial charge in [0, 0.05) is 24.2 Å². The SMILES string of the molecule is CCc1ncc(CNCCCn2cnc3ccccc32)s1. The van der Waals surface area contributed by atoms with Crippen LogP contribution in [-0.2, 0) is 19.5 Å². The molecule has 1 aromatic carbocycles. The zero-order valence-corrected chi connectivity index (χ0v) is 13.1. The maximum atomic E-state index is 4.41. The van der Waals surface area contributed by atoms with Crippen LogP contribution in [0.3, 0.4) is 0 Å². The first-order chi connectivity index (χ1) is 10.4. The zero-order chi connectivity index (χ0) is 14.5. The number of imidazole rings is 1. The molecule has 0 aliphatic carbocycles. The topological polar surface area (TPSA) is 42.7 Å². The highest BCUT2D eigenvalue weighted by Crippen LogP contribution is 2.13. The minimum Gasteiger partial charge on any atom is -0.331 e. The van der Waals surface area contributed by atoms with Crippen LogP contribution in [-0.4, -0.2) is 21.1 Å². The molecule has 110 valence electrons. The lowest BCUT2D eigenvalue weighted by molar-refractivity contribution is 0.591. The number of nitrogens with one attached hydrogen (secondary N) is 1. The maximum absolute atomic E-state index is 4.41. The van der Waals surface area contributed by atoms with Gasteiger partial charge in [-0.2, -0.15) is 0 Å². The molecule has 5 heteroatoms. The van der Waals surface area contributed by atoms with E-state index in [2.05, 4.69) is 45.0 Å². The van der Waals surface area contributed by atoms with Crippen LogP contribution in [0.5, 0.6) is 0 Å². The van der Waals surface area contributed by atoms with Crippen molar-refractivity contribution in [2.75, 3.05) is 6.54 Å². The summed E-state index contributed by atoms with van der Waals surface area (Å²) < 4.78 is 2.22. The molecule has 3 aromatic rings. The molecule has 2 aromatic heterocycles. The lowest BCUT2D eigenvalue weighted by Crippen LogP contribution is -2.15. The minimum atomic E-state index is 0.919. The quantitative estimate of drug-likeness (QED) is 0.681. The number of fused-ring (bicyclic) bond motifs is 1. The van der Waals surface area contributed by atoms with Gasteiger partial charge in [0.05, 0.1) is 22.4 Å². The van der Waals surface area contributed by atoms with Gasteiger partial charge in [-0.3, -0.25) is 0 Å². The molecular formula is C16H20N4S. The van der Waals surface area contributed by atoms with Crippen LogP contribution >= 0.6 is 11.3 Å². The van der Waals surface area contributed by atoms with Crippen molar-refractivity contribution in [3.05, 3.63) is 46.7 Å². The number of hydrogen-bond acceptors (Lipinski definition) is 4. The van der Waals surface area contributed by atoms with Gasteiger partial charge in [-0.25, -0.2) is 9.97 Å². The van der Waals surface area contributed by atoms with Gasteiger partial charge in [0.2, 0.25) is 0 Å². The van der Waals surface area contributed by atoms with E-state index in [1.54, 1.807) is 11.3 Å². The van der Waals surface area contributed by atoms with Crippen molar-refractivity contribution >= 4 is 22.4 Å². The second-order valence-electron chi connectivity index (χ2n) is 5.03. The molecule has 0 aliphatic rings. The molecular weight excluding hydrogens is 280 g/mol. The normalized spacial score (nSPS) is 11.3. The predicted octanol–water partition coefficient (Wildman–Crippen LogP) is 3.24. The monoisotopic (exact) mass is 300 g/mol. The minimum absolute atomic E-state index is 0.919. The second-order valence-corrected chi connectivity index (χ2v) is 6.23. The molecule has 2 heterocycles. The van der Waals surface area contributed by atoms with E-state index in [0.717, 1.165) is 38.0 Å². The Morgan fingerprint density at radius 3 is 3.00 bits per heavy atom. The Labute approximate surface area is 128 Å². The van der Waals surface area contributed by atoms with E-state index >= 15 is 0 Å². The summed E-state index contributed by atoms with van der Waals surface area (Å²) in [6, 6.07) is 8.27. The predicted molar refractivity (Wildman–Crippen MR) is 87.5 cm³/mol. The second kappa shape index (κ2) is 6.83. The van der Waals surface area contributed by atoms with Crippen molar-refractivity contribution in [2.45, 2.75) is 32.9 Å². The van der Waals surface area contributed by atoms with Crippen LogP contribution in [0.4, 0.5) is 0 Å². The van der Waals surface area contributed by atoms with Gasteiger partial charge in [-0.05, 0) is 31.5 Å². The van der Waals surface area contributed by atoms with Gasteiger partial charge in [0.1, 0.15) is 0 Å². The van der Waals surface area contributed by atoms with Gasteiger partial charge >= 0.3 is 0 Å². The summed E-state index contributed by atoms with van der Waals surface area (Å²) in [5, 5.41) is 4.71. The highest BCUT2D eigenvalue weighted by atomic mass is 32.1. The van der Waals surface area contributed by atoms with Crippen molar-refractivity contribution < 1.29 is 0 Å². The maximum Gasteiger partial charge on any atom is 0.0958 e. The summed E-state index contributed by atoms with van der Waals surface area (Å²) in [7, 11) is 0.